The van der Waals surface area contributed by atoms with Gasteiger partial charge in [-0.15, -0.1) is 0 Å². The van der Waals surface area contributed by atoms with Gasteiger partial charge in [0.1, 0.15) is 5.75 Å². The molecule has 0 aliphatic heterocycles. The quantitative estimate of drug-likeness (QED) is 0.490. The summed E-state index contributed by atoms with van der Waals surface area (Å²) in [4.78, 5) is 23.7. The number of carbonyl (C=O) groups excluding carboxylic acids is 2. The van der Waals surface area contributed by atoms with E-state index in [-0.39, 0.29) is 12.4 Å². The fourth-order valence-electron chi connectivity index (χ4n) is 2.52. The maximum atomic E-state index is 12.3. The third-order valence-electron chi connectivity index (χ3n) is 3.96. The number of rotatable bonds is 6. The lowest BCUT2D eigenvalue weighted by molar-refractivity contribution is 0.0600. The second kappa shape index (κ2) is 8.12. The van der Waals surface area contributed by atoms with Crippen LogP contribution in [0, 0.1) is 0 Å². The zero-order valence-electron chi connectivity index (χ0n) is 14.3. The van der Waals surface area contributed by atoms with Gasteiger partial charge in [-0.25, -0.2) is 4.79 Å². The Morgan fingerprint density at radius 1 is 0.731 bits per heavy atom. The van der Waals surface area contributed by atoms with Gasteiger partial charge >= 0.3 is 5.97 Å². The summed E-state index contributed by atoms with van der Waals surface area (Å²) in [6.45, 7) is -0.0672. The minimum atomic E-state index is -0.411. The molecule has 0 saturated heterocycles. The van der Waals surface area contributed by atoms with Crippen molar-refractivity contribution in [3.8, 4) is 16.9 Å². The minimum Gasteiger partial charge on any atom is -0.485 e. The van der Waals surface area contributed by atoms with E-state index in [9.17, 15) is 9.59 Å². The highest BCUT2D eigenvalue weighted by Gasteiger charge is 2.09. The van der Waals surface area contributed by atoms with Crippen LogP contribution < -0.4 is 4.74 Å². The van der Waals surface area contributed by atoms with E-state index in [1.807, 2.05) is 42.5 Å². The molecule has 0 amide bonds. The van der Waals surface area contributed by atoms with Crippen LogP contribution in [0.15, 0.2) is 78.9 Å². The number of ether oxygens (including phenoxy) is 2. The van der Waals surface area contributed by atoms with E-state index >= 15 is 0 Å². The first-order valence-electron chi connectivity index (χ1n) is 8.17. The third-order valence-corrected chi connectivity index (χ3v) is 3.96. The highest BCUT2D eigenvalue weighted by molar-refractivity contribution is 5.97. The first kappa shape index (κ1) is 17.4. The highest BCUT2D eigenvalue weighted by Crippen LogP contribution is 2.20. The second-order valence-electron chi connectivity index (χ2n) is 5.67. The SMILES string of the molecule is COC(=O)c1ccc(OCC(=O)c2ccc(-c3ccccc3)cc2)cc1. The molecule has 0 radical (unpaired) electrons. The summed E-state index contributed by atoms with van der Waals surface area (Å²) >= 11 is 0. The number of carbonyl (C=O) groups is 2. The lowest BCUT2D eigenvalue weighted by Crippen LogP contribution is -2.11. The van der Waals surface area contributed by atoms with Crippen molar-refractivity contribution < 1.29 is 19.1 Å². The fraction of sp³-hybridized carbons (Fsp3) is 0.0909. The molecule has 4 heteroatoms. The van der Waals surface area contributed by atoms with E-state index in [4.69, 9.17) is 4.74 Å². The summed E-state index contributed by atoms with van der Waals surface area (Å²) in [5.74, 6) is -0.000280. The van der Waals surface area contributed by atoms with E-state index in [0.29, 0.717) is 16.9 Å². The molecule has 0 atom stereocenters. The van der Waals surface area contributed by atoms with E-state index < -0.39 is 5.97 Å². The van der Waals surface area contributed by atoms with Gasteiger partial charge in [-0.1, -0.05) is 54.6 Å². The van der Waals surface area contributed by atoms with Crippen LogP contribution in [0.2, 0.25) is 0 Å². The molecule has 3 aromatic rings. The Kier molecular flexibility index (Phi) is 5.44. The van der Waals surface area contributed by atoms with Gasteiger partial charge in [0.15, 0.2) is 12.4 Å². The van der Waals surface area contributed by atoms with Crippen LogP contribution in [0.3, 0.4) is 0 Å². The smallest absolute Gasteiger partial charge is 0.337 e. The van der Waals surface area contributed by atoms with Crippen molar-refractivity contribution in [3.63, 3.8) is 0 Å². The highest BCUT2D eigenvalue weighted by atomic mass is 16.5. The molecule has 0 saturated carbocycles. The van der Waals surface area contributed by atoms with E-state index in [0.717, 1.165) is 11.1 Å². The predicted octanol–water partition coefficient (Wildman–Crippen LogP) is 4.40. The average molecular weight is 346 g/mol. The van der Waals surface area contributed by atoms with Crippen molar-refractivity contribution in [1.82, 2.24) is 0 Å². The number of ketones is 1. The zero-order chi connectivity index (χ0) is 18.4. The van der Waals surface area contributed by atoms with E-state index in [1.54, 1.807) is 36.4 Å². The molecule has 0 fully saturated rings. The number of Topliss-reactive ketones (excluding diaryl/α,β-unsaturated/α-hetero) is 1. The van der Waals surface area contributed by atoms with Crippen LogP contribution >= 0.6 is 0 Å². The Hall–Kier alpha value is -3.40. The van der Waals surface area contributed by atoms with Crippen molar-refractivity contribution in [2.24, 2.45) is 0 Å². The molecule has 0 aromatic heterocycles. The standard InChI is InChI=1S/C22H18O4/c1-25-22(24)19-11-13-20(14-12-19)26-15-21(23)18-9-7-17(8-10-18)16-5-3-2-4-6-16/h2-14H,15H2,1H3. The molecule has 26 heavy (non-hydrogen) atoms. The largest absolute Gasteiger partial charge is 0.485 e. The number of benzene rings is 3. The predicted molar refractivity (Wildman–Crippen MR) is 99.5 cm³/mol. The third kappa shape index (κ3) is 4.16. The summed E-state index contributed by atoms with van der Waals surface area (Å²) in [6.07, 6.45) is 0. The Bertz CT molecular complexity index is 882. The van der Waals surface area contributed by atoms with Crippen molar-refractivity contribution >= 4 is 11.8 Å². The van der Waals surface area contributed by atoms with Crippen LogP contribution in [0.4, 0.5) is 0 Å². The maximum Gasteiger partial charge on any atom is 0.337 e. The Balaban J connectivity index is 1.60. The molecule has 3 aromatic carbocycles. The molecule has 4 nitrogen and oxygen atoms in total. The molecule has 0 heterocycles. The molecule has 0 aliphatic rings. The van der Waals surface area contributed by atoms with Gasteiger partial charge in [-0.05, 0) is 35.4 Å². The average Bonchev–Trinajstić information content (AvgIpc) is 2.72. The number of esters is 1. The minimum absolute atomic E-state index is 0.0672. The topological polar surface area (TPSA) is 52.6 Å². The van der Waals surface area contributed by atoms with Gasteiger partial charge in [0.05, 0.1) is 12.7 Å². The first-order chi connectivity index (χ1) is 12.7. The van der Waals surface area contributed by atoms with Crippen molar-refractivity contribution in [2.75, 3.05) is 13.7 Å². The van der Waals surface area contributed by atoms with Crippen molar-refractivity contribution in [2.45, 2.75) is 0 Å². The lowest BCUT2D eigenvalue weighted by Gasteiger charge is -2.07. The molecule has 0 unspecified atom stereocenters. The van der Waals surface area contributed by atoms with Crippen molar-refractivity contribution in [1.29, 1.82) is 0 Å². The molecular weight excluding hydrogens is 328 g/mol. The fourth-order valence-corrected chi connectivity index (χ4v) is 2.52. The Morgan fingerprint density at radius 2 is 1.31 bits per heavy atom. The number of hydrogen-bond acceptors (Lipinski definition) is 4. The summed E-state index contributed by atoms with van der Waals surface area (Å²) in [5.41, 5.74) is 3.19. The van der Waals surface area contributed by atoms with Gasteiger partial charge in [0.2, 0.25) is 0 Å². The molecule has 130 valence electrons. The molecular formula is C22H18O4. The zero-order valence-corrected chi connectivity index (χ0v) is 14.3. The molecule has 0 aliphatic carbocycles. The molecule has 0 bridgehead atoms. The molecule has 3 rings (SSSR count). The first-order valence-corrected chi connectivity index (χ1v) is 8.17. The Labute approximate surface area is 152 Å². The Morgan fingerprint density at radius 3 is 1.92 bits per heavy atom. The normalized spacial score (nSPS) is 10.2. The molecule has 0 spiro atoms. The van der Waals surface area contributed by atoms with Gasteiger partial charge < -0.3 is 9.47 Å². The number of hydrogen-bond donors (Lipinski definition) is 0. The van der Waals surface area contributed by atoms with Crippen molar-refractivity contribution in [3.05, 3.63) is 90.0 Å². The second-order valence-corrected chi connectivity index (χ2v) is 5.67. The van der Waals surface area contributed by atoms with Crippen LogP contribution in [-0.4, -0.2) is 25.5 Å². The summed E-state index contributed by atoms with van der Waals surface area (Å²) in [5, 5.41) is 0. The van der Waals surface area contributed by atoms with Gasteiger partial charge in [0, 0.05) is 5.56 Å². The summed E-state index contributed by atoms with van der Waals surface area (Å²) in [7, 11) is 1.33. The summed E-state index contributed by atoms with van der Waals surface area (Å²) < 4.78 is 10.1. The van der Waals surface area contributed by atoms with E-state index in [2.05, 4.69) is 4.74 Å². The van der Waals surface area contributed by atoms with E-state index in [1.165, 1.54) is 7.11 Å². The maximum absolute atomic E-state index is 12.3. The monoisotopic (exact) mass is 346 g/mol. The van der Waals surface area contributed by atoms with Crippen LogP contribution in [-0.2, 0) is 4.74 Å². The van der Waals surface area contributed by atoms with Crippen LogP contribution in [0.25, 0.3) is 11.1 Å². The van der Waals surface area contributed by atoms with Gasteiger partial charge in [0.25, 0.3) is 0 Å². The lowest BCUT2D eigenvalue weighted by atomic mass is 10.0. The molecule has 0 N–H and O–H groups in total. The van der Waals surface area contributed by atoms with Gasteiger partial charge in [-0.3, -0.25) is 4.79 Å². The summed E-state index contributed by atoms with van der Waals surface area (Å²) in [6, 6.07) is 23.9. The van der Waals surface area contributed by atoms with Gasteiger partial charge in [-0.2, -0.15) is 0 Å². The van der Waals surface area contributed by atoms with Crippen LogP contribution in [0.5, 0.6) is 5.75 Å². The van der Waals surface area contributed by atoms with Crippen LogP contribution in [0.1, 0.15) is 20.7 Å². The number of methoxy groups -OCH3 is 1.